The van der Waals surface area contributed by atoms with E-state index in [4.69, 9.17) is 0 Å². The molecular formula is C16H17FN4O. The minimum absolute atomic E-state index is 0.122. The van der Waals surface area contributed by atoms with Crippen molar-refractivity contribution in [1.29, 1.82) is 0 Å². The summed E-state index contributed by atoms with van der Waals surface area (Å²) in [6.07, 6.45) is 1.71. The van der Waals surface area contributed by atoms with Gasteiger partial charge in [0.25, 0.3) is 0 Å². The van der Waals surface area contributed by atoms with Gasteiger partial charge in [0.05, 0.1) is 12.0 Å². The maximum absolute atomic E-state index is 13.0. The molecule has 3 N–H and O–H groups in total. The quantitative estimate of drug-likeness (QED) is 0.810. The van der Waals surface area contributed by atoms with Gasteiger partial charge >= 0.3 is 0 Å². The van der Waals surface area contributed by atoms with Crippen molar-refractivity contribution in [1.82, 2.24) is 15.8 Å². The molecule has 0 spiro atoms. The van der Waals surface area contributed by atoms with Crippen LogP contribution in [0.15, 0.2) is 42.6 Å². The maximum Gasteiger partial charge on any atom is 0.231 e. The molecule has 2 atom stereocenters. The fourth-order valence-corrected chi connectivity index (χ4v) is 2.49. The zero-order valence-electron chi connectivity index (χ0n) is 12.1. The van der Waals surface area contributed by atoms with Crippen molar-refractivity contribution >= 4 is 11.7 Å². The van der Waals surface area contributed by atoms with Gasteiger partial charge in [-0.05, 0) is 36.2 Å². The summed E-state index contributed by atoms with van der Waals surface area (Å²) in [6.45, 7) is 2.44. The first-order valence-electron chi connectivity index (χ1n) is 7.11. The molecule has 0 bridgehead atoms. The lowest BCUT2D eigenvalue weighted by molar-refractivity contribution is -0.119. The van der Waals surface area contributed by atoms with Crippen LogP contribution in [0.5, 0.6) is 0 Å². The molecule has 1 aliphatic rings. The summed E-state index contributed by atoms with van der Waals surface area (Å²) in [5.41, 5.74) is 7.95. The molecule has 1 amide bonds. The number of nitrogens with one attached hydrogen (secondary N) is 3. The van der Waals surface area contributed by atoms with Crippen LogP contribution in [0.1, 0.15) is 17.2 Å². The molecule has 0 saturated carbocycles. The first kappa shape index (κ1) is 14.6. The summed E-state index contributed by atoms with van der Waals surface area (Å²) in [6, 6.07) is 9.62. The number of pyridine rings is 1. The van der Waals surface area contributed by atoms with E-state index in [0.717, 1.165) is 11.1 Å². The number of hydrogen-bond acceptors (Lipinski definition) is 4. The van der Waals surface area contributed by atoms with Crippen LogP contribution >= 0.6 is 0 Å². The number of amides is 1. The van der Waals surface area contributed by atoms with Gasteiger partial charge in [-0.2, -0.15) is 0 Å². The maximum atomic E-state index is 13.0. The highest BCUT2D eigenvalue weighted by molar-refractivity contribution is 5.92. The van der Waals surface area contributed by atoms with Gasteiger partial charge in [-0.15, -0.1) is 0 Å². The van der Waals surface area contributed by atoms with Crippen LogP contribution in [0, 0.1) is 18.7 Å². The van der Waals surface area contributed by atoms with Crippen molar-refractivity contribution < 1.29 is 9.18 Å². The first-order chi connectivity index (χ1) is 10.6. The van der Waals surface area contributed by atoms with Gasteiger partial charge in [0.15, 0.2) is 0 Å². The smallest absolute Gasteiger partial charge is 0.231 e. The number of hydrogen-bond donors (Lipinski definition) is 3. The Kier molecular flexibility index (Phi) is 4.13. The van der Waals surface area contributed by atoms with Gasteiger partial charge in [0.1, 0.15) is 11.6 Å². The Bertz CT molecular complexity index is 657. The van der Waals surface area contributed by atoms with Gasteiger partial charge in [-0.3, -0.25) is 10.2 Å². The van der Waals surface area contributed by atoms with E-state index in [1.54, 1.807) is 24.4 Å². The topological polar surface area (TPSA) is 66.1 Å². The highest BCUT2D eigenvalue weighted by Crippen LogP contribution is 2.26. The summed E-state index contributed by atoms with van der Waals surface area (Å²) in [5.74, 6) is -0.184. The predicted molar refractivity (Wildman–Crippen MR) is 81.4 cm³/mol. The van der Waals surface area contributed by atoms with Gasteiger partial charge in [0.2, 0.25) is 5.91 Å². The Morgan fingerprint density at radius 1 is 1.27 bits per heavy atom. The van der Waals surface area contributed by atoms with Crippen molar-refractivity contribution in [3.63, 3.8) is 0 Å². The average molecular weight is 300 g/mol. The average Bonchev–Trinajstić information content (AvgIpc) is 3.00. The molecule has 1 aliphatic heterocycles. The molecule has 1 aromatic carbocycles. The number of nitrogens with zero attached hydrogens (tertiary/aromatic N) is 1. The monoisotopic (exact) mass is 300 g/mol. The van der Waals surface area contributed by atoms with E-state index < -0.39 is 0 Å². The van der Waals surface area contributed by atoms with Crippen molar-refractivity contribution in [2.75, 3.05) is 11.9 Å². The minimum atomic E-state index is -0.298. The Hall–Kier alpha value is -2.31. The van der Waals surface area contributed by atoms with Crippen molar-refractivity contribution in [3.8, 4) is 0 Å². The Morgan fingerprint density at radius 2 is 2.05 bits per heavy atom. The van der Waals surface area contributed by atoms with Gasteiger partial charge in [-0.1, -0.05) is 18.2 Å². The molecule has 3 rings (SSSR count). The normalized spacial score (nSPS) is 20.8. The van der Waals surface area contributed by atoms with Crippen LogP contribution in [-0.4, -0.2) is 17.4 Å². The largest absolute Gasteiger partial charge is 0.310 e. The van der Waals surface area contributed by atoms with E-state index in [1.165, 1.54) is 12.1 Å². The molecule has 22 heavy (non-hydrogen) atoms. The van der Waals surface area contributed by atoms with Crippen LogP contribution in [0.2, 0.25) is 0 Å². The summed E-state index contributed by atoms with van der Waals surface area (Å²) >= 11 is 0. The highest BCUT2D eigenvalue weighted by atomic mass is 19.1. The van der Waals surface area contributed by atoms with Crippen molar-refractivity contribution in [2.45, 2.75) is 13.0 Å². The lowest BCUT2D eigenvalue weighted by Gasteiger charge is -2.18. The van der Waals surface area contributed by atoms with Crippen LogP contribution in [0.4, 0.5) is 10.2 Å². The zero-order valence-corrected chi connectivity index (χ0v) is 12.1. The molecule has 0 aliphatic carbocycles. The molecule has 2 aromatic rings. The molecule has 1 saturated heterocycles. The Morgan fingerprint density at radius 3 is 2.73 bits per heavy atom. The molecule has 1 fully saturated rings. The molecule has 5 nitrogen and oxygen atoms in total. The third kappa shape index (κ3) is 3.13. The van der Waals surface area contributed by atoms with Gasteiger partial charge in [0, 0.05) is 12.7 Å². The number of anilines is 1. The standard InChI is InChI=1S/C16H17FN4O/c1-10-2-7-14(18-8-10)20-16(22)13-9-19-21-15(13)11-3-5-12(17)6-4-11/h2-8,13,15,19,21H,9H2,1H3,(H,18,20,22). The fraction of sp³-hybridized carbons (Fsp3) is 0.250. The van der Waals surface area contributed by atoms with Crippen molar-refractivity contribution in [3.05, 3.63) is 59.5 Å². The van der Waals surface area contributed by atoms with E-state index in [-0.39, 0.29) is 23.7 Å². The third-order valence-electron chi connectivity index (χ3n) is 3.71. The van der Waals surface area contributed by atoms with Gasteiger partial charge in [-0.25, -0.2) is 14.8 Å². The second-order valence-corrected chi connectivity index (χ2v) is 5.37. The van der Waals surface area contributed by atoms with E-state index in [1.807, 2.05) is 13.0 Å². The van der Waals surface area contributed by atoms with E-state index >= 15 is 0 Å². The molecule has 1 aromatic heterocycles. The van der Waals surface area contributed by atoms with Gasteiger partial charge < -0.3 is 5.32 Å². The molecule has 0 radical (unpaired) electrons. The Labute approximate surface area is 127 Å². The number of benzene rings is 1. The van der Waals surface area contributed by atoms with Crippen LogP contribution < -0.4 is 16.2 Å². The minimum Gasteiger partial charge on any atom is -0.310 e. The second-order valence-electron chi connectivity index (χ2n) is 5.37. The summed E-state index contributed by atoms with van der Waals surface area (Å²) < 4.78 is 13.0. The first-order valence-corrected chi connectivity index (χ1v) is 7.11. The Balaban J connectivity index is 1.73. The molecular weight excluding hydrogens is 283 g/mol. The predicted octanol–water partition coefficient (Wildman–Crippen LogP) is 1.93. The lowest BCUT2D eigenvalue weighted by Crippen LogP contribution is -2.30. The zero-order chi connectivity index (χ0) is 15.5. The number of aryl methyl sites for hydroxylation is 1. The number of carbonyl (C=O) groups is 1. The number of rotatable bonds is 3. The van der Waals surface area contributed by atoms with Crippen molar-refractivity contribution in [2.24, 2.45) is 5.92 Å². The van der Waals surface area contributed by atoms with Crippen LogP contribution in [0.3, 0.4) is 0 Å². The number of hydrazine groups is 1. The summed E-state index contributed by atoms with van der Waals surface area (Å²) in [7, 11) is 0. The summed E-state index contributed by atoms with van der Waals surface area (Å²) in [5, 5.41) is 2.82. The highest BCUT2D eigenvalue weighted by Gasteiger charge is 2.34. The molecule has 2 heterocycles. The fourth-order valence-electron chi connectivity index (χ4n) is 2.49. The number of carbonyl (C=O) groups excluding carboxylic acids is 1. The lowest BCUT2D eigenvalue weighted by atomic mass is 9.94. The van der Waals surface area contributed by atoms with Crippen LogP contribution in [-0.2, 0) is 4.79 Å². The summed E-state index contributed by atoms with van der Waals surface area (Å²) in [4.78, 5) is 16.6. The number of halogens is 1. The molecule has 2 unspecified atom stereocenters. The second kappa shape index (κ2) is 6.21. The number of aromatic nitrogens is 1. The van der Waals surface area contributed by atoms with E-state index in [2.05, 4.69) is 21.2 Å². The SMILES string of the molecule is Cc1ccc(NC(=O)C2CNNC2c2ccc(F)cc2)nc1. The van der Waals surface area contributed by atoms with E-state index in [9.17, 15) is 9.18 Å². The van der Waals surface area contributed by atoms with Crippen LogP contribution in [0.25, 0.3) is 0 Å². The molecule has 6 heteroatoms. The van der Waals surface area contributed by atoms with E-state index in [0.29, 0.717) is 12.4 Å². The molecule has 114 valence electrons. The third-order valence-corrected chi connectivity index (χ3v) is 3.71.